The Labute approximate surface area is 154 Å². The molecule has 1 atom stereocenters. The van der Waals surface area contributed by atoms with Gasteiger partial charge in [-0.25, -0.2) is 17.6 Å². The molecular weight excluding hydrogens is 361 g/mol. The molecular formula is C19H17F3N2OS. The molecule has 0 spiro atoms. The van der Waals surface area contributed by atoms with Gasteiger partial charge >= 0.3 is 0 Å². The molecule has 2 aromatic rings. The van der Waals surface area contributed by atoms with Crippen molar-refractivity contribution in [1.82, 2.24) is 4.90 Å². The average molecular weight is 378 g/mol. The van der Waals surface area contributed by atoms with Gasteiger partial charge in [0, 0.05) is 36.9 Å². The van der Waals surface area contributed by atoms with Gasteiger partial charge in [0.15, 0.2) is 23.2 Å². The van der Waals surface area contributed by atoms with Crippen molar-refractivity contribution in [2.45, 2.75) is 18.8 Å². The second kappa shape index (κ2) is 7.23. The molecule has 4 rings (SSSR count). The van der Waals surface area contributed by atoms with Gasteiger partial charge in [0.1, 0.15) is 11.6 Å². The summed E-state index contributed by atoms with van der Waals surface area (Å²) in [4.78, 5) is 2.34. The van der Waals surface area contributed by atoms with Crippen LogP contribution in [-0.2, 0) is 0 Å². The largest absolute Gasteiger partial charge is 0.454 e. The summed E-state index contributed by atoms with van der Waals surface area (Å²) in [5, 5.41) is 0. The number of ether oxygens (including phenoxy) is 1. The molecule has 0 aliphatic carbocycles. The number of hydrogen-bond donors (Lipinski definition) is 0. The third-order valence-corrected chi connectivity index (χ3v) is 5.33. The fourth-order valence-corrected chi connectivity index (χ4v) is 4.12. The minimum Gasteiger partial charge on any atom is -0.454 e. The molecule has 3 nitrogen and oxygen atoms in total. The van der Waals surface area contributed by atoms with Crippen LogP contribution in [0.25, 0.3) is 0 Å². The summed E-state index contributed by atoms with van der Waals surface area (Å²) in [6.07, 6.45) is 2.15. The first kappa shape index (κ1) is 17.3. The summed E-state index contributed by atoms with van der Waals surface area (Å²) in [5.74, 6) is -0.919. The Balaban J connectivity index is 1.54. The Morgan fingerprint density at radius 2 is 1.77 bits per heavy atom. The van der Waals surface area contributed by atoms with Crippen molar-refractivity contribution in [2.75, 3.05) is 18.8 Å². The van der Waals surface area contributed by atoms with Crippen LogP contribution in [0, 0.1) is 17.5 Å². The molecule has 7 heteroatoms. The quantitative estimate of drug-likeness (QED) is 0.546. The minimum atomic E-state index is -1.24. The summed E-state index contributed by atoms with van der Waals surface area (Å²) in [7, 11) is 0. The van der Waals surface area contributed by atoms with E-state index in [9.17, 15) is 13.2 Å². The van der Waals surface area contributed by atoms with E-state index in [1.165, 1.54) is 0 Å². The summed E-state index contributed by atoms with van der Waals surface area (Å²) >= 11 is 1.60. The van der Waals surface area contributed by atoms with Gasteiger partial charge in [-0.15, -0.1) is 0 Å². The molecule has 136 valence electrons. The second-order valence-corrected chi connectivity index (χ2v) is 7.18. The lowest BCUT2D eigenvalue weighted by molar-refractivity contribution is 0.371. The third kappa shape index (κ3) is 3.40. The van der Waals surface area contributed by atoms with Crippen LogP contribution in [0.1, 0.15) is 24.3 Å². The van der Waals surface area contributed by atoms with Gasteiger partial charge in [0.2, 0.25) is 0 Å². The van der Waals surface area contributed by atoms with E-state index < -0.39 is 17.5 Å². The number of nitrogens with zero attached hydrogens (tertiary/aromatic N) is 2. The maximum atomic E-state index is 13.7. The van der Waals surface area contributed by atoms with Gasteiger partial charge in [-0.2, -0.15) is 0 Å². The molecule has 0 unspecified atom stereocenters. The van der Waals surface area contributed by atoms with Crippen LogP contribution < -0.4 is 4.74 Å². The lowest BCUT2D eigenvalue weighted by atomic mass is 9.89. The first-order chi connectivity index (χ1) is 12.6. The highest BCUT2D eigenvalue weighted by molar-refractivity contribution is 7.98. The van der Waals surface area contributed by atoms with E-state index in [1.807, 2.05) is 12.1 Å². The predicted molar refractivity (Wildman–Crippen MR) is 96.3 cm³/mol. The van der Waals surface area contributed by atoms with Crippen LogP contribution in [0.2, 0.25) is 0 Å². The zero-order valence-electron chi connectivity index (χ0n) is 13.9. The van der Waals surface area contributed by atoms with Crippen molar-refractivity contribution in [1.29, 1.82) is 0 Å². The molecule has 0 saturated carbocycles. The van der Waals surface area contributed by atoms with Gasteiger partial charge in [-0.1, -0.05) is 12.1 Å². The minimum absolute atomic E-state index is 0.241. The smallest absolute Gasteiger partial charge is 0.168 e. The molecule has 0 N–H and O–H groups in total. The molecule has 0 radical (unpaired) electrons. The van der Waals surface area contributed by atoms with Crippen LogP contribution in [0.5, 0.6) is 11.5 Å². The Morgan fingerprint density at radius 1 is 1.00 bits per heavy atom. The zero-order valence-corrected chi connectivity index (χ0v) is 14.7. The van der Waals surface area contributed by atoms with Crippen molar-refractivity contribution in [3.8, 4) is 11.5 Å². The number of piperidine rings is 1. The number of hydrogen-bond acceptors (Lipinski definition) is 4. The van der Waals surface area contributed by atoms with Gasteiger partial charge in [0.25, 0.3) is 0 Å². The highest BCUT2D eigenvalue weighted by Crippen LogP contribution is 2.34. The normalized spacial score (nSPS) is 19.7. The molecule has 0 bridgehead atoms. The molecule has 26 heavy (non-hydrogen) atoms. The van der Waals surface area contributed by atoms with Crippen molar-refractivity contribution < 1.29 is 17.9 Å². The topological polar surface area (TPSA) is 24.8 Å². The number of fused-ring (bicyclic) bond motifs is 1. The Morgan fingerprint density at radius 3 is 2.58 bits per heavy atom. The summed E-state index contributed by atoms with van der Waals surface area (Å²) in [6, 6.07) is 8.46. The highest BCUT2D eigenvalue weighted by Gasteiger charge is 2.29. The maximum Gasteiger partial charge on any atom is 0.168 e. The number of benzene rings is 2. The predicted octanol–water partition coefficient (Wildman–Crippen LogP) is 5.14. The van der Waals surface area contributed by atoms with Crippen LogP contribution in [0.15, 0.2) is 40.8 Å². The second-order valence-electron chi connectivity index (χ2n) is 6.33. The molecule has 0 aromatic heterocycles. The first-order valence-electron chi connectivity index (χ1n) is 8.49. The standard InChI is InChI=1S/C19H17F3N2OS/c20-15-10-17(22)18(11-16(15)21)25-13-5-3-12(4-6-13)14-2-1-7-24-8-9-26-23-19(14)24/h3-6,10-11,14H,1-2,7-9H2/t14-/m0/s1. The zero-order chi connectivity index (χ0) is 18.1. The van der Waals surface area contributed by atoms with E-state index in [4.69, 9.17) is 4.74 Å². The number of rotatable bonds is 3. The molecule has 2 heterocycles. The van der Waals surface area contributed by atoms with E-state index in [-0.39, 0.29) is 11.7 Å². The van der Waals surface area contributed by atoms with E-state index in [0.717, 1.165) is 43.1 Å². The first-order valence-corrected chi connectivity index (χ1v) is 9.43. The third-order valence-electron chi connectivity index (χ3n) is 4.65. The maximum absolute atomic E-state index is 13.7. The molecule has 1 saturated heterocycles. The molecule has 1 fully saturated rings. The number of halogens is 3. The van der Waals surface area contributed by atoms with Crippen LogP contribution >= 0.6 is 11.9 Å². The van der Waals surface area contributed by atoms with E-state index in [2.05, 4.69) is 9.30 Å². The summed E-state index contributed by atoms with van der Waals surface area (Å²) < 4.78 is 50.0. The van der Waals surface area contributed by atoms with E-state index in [0.29, 0.717) is 17.9 Å². The lowest BCUT2D eigenvalue weighted by Crippen LogP contribution is -2.42. The van der Waals surface area contributed by atoms with E-state index in [1.54, 1.807) is 24.1 Å². The van der Waals surface area contributed by atoms with Crippen LogP contribution in [0.3, 0.4) is 0 Å². The van der Waals surface area contributed by atoms with Crippen molar-refractivity contribution >= 4 is 17.8 Å². The number of amidine groups is 1. The van der Waals surface area contributed by atoms with Crippen LogP contribution in [0.4, 0.5) is 13.2 Å². The highest BCUT2D eigenvalue weighted by atomic mass is 32.2. The summed E-state index contributed by atoms with van der Waals surface area (Å²) in [5.41, 5.74) is 1.12. The summed E-state index contributed by atoms with van der Waals surface area (Å²) in [6.45, 7) is 2.07. The lowest BCUT2D eigenvalue weighted by Gasteiger charge is -2.37. The monoisotopic (exact) mass is 378 g/mol. The fraction of sp³-hybridized carbons (Fsp3) is 0.316. The van der Waals surface area contributed by atoms with Gasteiger partial charge in [-0.3, -0.25) is 0 Å². The molecule has 2 aliphatic heterocycles. The van der Waals surface area contributed by atoms with Gasteiger partial charge in [-0.05, 0) is 42.5 Å². The van der Waals surface area contributed by atoms with Gasteiger partial charge in [0.05, 0.1) is 0 Å². The van der Waals surface area contributed by atoms with Crippen molar-refractivity contribution in [3.05, 3.63) is 59.4 Å². The molecule has 2 aliphatic rings. The van der Waals surface area contributed by atoms with Crippen LogP contribution in [-0.4, -0.2) is 29.6 Å². The molecule has 2 aromatic carbocycles. The average Bonchev–Trinajstić information content (AvgIpc) is 2.66. The van der Waals surface area contributed by atoms with Crippen molar-refractivity contribution in [2.24, 2.45) is 4.40 Å². The van der Waals surface area contributed by atoms with Crippen molar-refractivity contribution in [3.63, 3.8) is 0 Å². The fourth-order valence-electron chi connectivity index (χ4n) is 3.35. The Kier molecular flexibility index (Phi) is 4.80. The SMILES string of the molecule is Fc1cc(F)c(Oc2ccc([C@@H]3CCCN4CCSN=C34)cc2)cc1F. The van der Waals surface area contributed by atoms with Gasteiger partial charge < -0.3 is 9.64 Å². The van der Waals surface area contributed by atoms with E-state index >= 15 is 0 Å². The Hall–Kier alpha value is -2.15. The molecule has 0 amide bonds. The Bertz CT molecular complexity index is 841.